The molecule has 0 spiro atoms. The molecule has 3 N–H and O–H groups in total. The highest BCUT2D eigenvalue weighted by atomic mass is 16.3. The van der Waals surface area contributed by atoms with Gasteiger partial charge in [-0.05, 0) is 56.7 Å². The minimum Gasteiger partial charge on any atom is -0.396 e. The van der Waals surface area contributed by atoms with Gasteiger partial charge >= 0.3 is 0 Å². The Morgan fingerprint density at radius 1 is 0.963 bits per heavy atom. The molecule has 142 valence electrons. The van der Waals surface area contributed by atoms with Gasteiger partial charge in [-0.3, -0.25) is 0 Å². The molecular weight excluding hydrogens is 338 g/mol. The highest BCUT2D eigenvalue weighted by Gasteiger charge is 2.08. The van der Waals surface area contributed by atoms with E-state index in [2.05, 4.69) is 51.5 Å². The lowest BCUT2D eigenvalue weighted by Gasteiger charge is -2.21. The van der Waals surface area contributed by atoms with E-state index in [9.17, 15) is 0 Å². The van der Waals surface area contributed by atoms with Crippen LogP contribution in [-0.4, -0.2) is 41.3 Å². The van der Waals surface area contributed by atoms with Crippen LogP contribution in [0.25, 0.3) is 10.9 Å². The molecule has 0 saturated heterocycles. The third-order valence-corrected chi connectivity index (χ3v) is 4.48. The van der Waals surface area contributed by atoms with Crippen molar-refractivity contribution in [2.24, 2.45) is 0 Å². The number of anilines is 4. The maximum absolute atomic E-state index is 9.02. The van der Waals surface area contributed by atoms with E-state index >= 15 is 0 Å². The van der Waals surface area contributed by atoms with Crippen LogP contribution in [0.1, 0.15) is 20.3 Å². The number of aromatic nitrogens is 2. The van der Waals surface area contributed by atoms with Gasteiger partial charge in [0.2, 0.25) is 5.95 Å². The molecule has 3 aromatic rings. The molecule has 0 unspecified atom stereocenters. The highest BCUT2D eigenvalue weighted by Crippen LogP contribution is 2.24. The lowest BCUT2D eigenvalue weighted by Crippen LogP contribution is -2.21. The van der Waals surface area contributed by atoms with Crippen molar-refractivity contribution >= 4 is 34.0 Å². The Balaban J connectivity index is 1.83. The molecule has 2 aromatic carbocycles. The van der Waals surface area contributed by atoms with E-state index < -0.39 is 0 Å². The van der Waals surface area contributed by atoms with E-state index in [0.717, 1.165) is 35.5 Å². The molecule has 0 amide bonds. The van der Waals surface area contributed by atoms with Gasteiger partial charge < -0.3 is 20.6 Å². The van der Waals surface area contributed by atoms with Crippen LogP contribution in [0, 0.1) is 0 Å². The second-order valence-corrected chi connectivity index (χ2v) is 6.26. The standard InChI is InChI=1S/C21H27N5O/c1-3-26(4-2)17-12-10-16(11-13-17)23-21-24-19-9-6-5-8-18(19)20(25-21)22-14-7-15-27/h5-6,8-13,27H,3-4,7,14-15H2,1-2H3,(H2,22,23,24,25). The van der Waals surface area contributed by atoms with Crippen LogP contribution < -0.4 is 15.5 Å². The predicted octanol–water partition coefficient (Wildman–Crippen LogP) is 4.01. The van der Waals surface area contributed by atoms with Gasteiger partial charge in [-0.2, -0.15) is 4.98 Å². The molecule has 3 rings (SSSR count). The molecule has 0 atom stereocenters. The lowest BCUT2D eigenvalue weighted by atomic mass is 10.2. The molecule has 0 radical (unpaired) electrons. The Hall–Kier alpha value is -2.86. The van der Waals surface area contributed by atoms with Crippen LogP contribution in [0.3, 0.4) is 0 Å². The zero-order valence-electron chi connectivity index (χ0n) is 15.9. The first kappa shape index (κ1) is 18.9. The van der Waals surface area contributed by atoms with Crippen LogP contribution in [0.4, 0.5) is 23.1 Å². The Morgan fingerprint density at radius 2 is 1.70 bits per heavy atom. The first-order chi connectivity index (χ1) is 13.2. The predicted molar refractivity (Wildman–Crippen MR) is 113 cm³/mol. The van der Waals surface area contributed by atoms with Gasteiger partial charge in [0.25, 0.3) is 0 Å². The number of nitrogens with one attached hydrogen (secondary N) is 2. The smallest absolute Gasteiger partial charge is 0.229 e. The van der Waals surface area contributed by atoms with E-state index in [-0.39, 0.29) is 6.61 Å². The molecule has 1 heterocycles. The maximum atomic E-state index is 9.02. The number of nitrogens with zero attached hydrogens (tertiary/aromatic N) is 3. The van der Waals surface area contributed by atoms with Crippen LogP contribution in [0.15, 0.2) is 48.5 Å². The van der Waals surface area contributed by atoms with Gasteiger partial charge in [0.05, 0.1) is 5.52 Å². The third kappa shape index (κ3) is 4.65. The molecule has 6 nitrogen and oxygen atoms in total. The SMILES string of the molecule is CCN(CC)c1ccc(Nc2nc(NCCCO)c3ccccc3n2)cc1. The van der Waals surface area contributed by atoms with Crippen molar-refractivity contribution in [1.29, 1.82) is 0 Å². The topological polar surface area (TPSA) is 73.3 Å². The molecule has 0 bridgehead atoms. The minimum absolute atomic E-state index is 0.153. The summed E-state index contributed by atoms with van der Waals surface area (Å²) in [6, 6.07) is 16.2. The van der Waals surface area contributed by atoms with E-state index in [1.165, 1.54) is 5.69 Å². The molecule has 1 aromatic heterocycles. The Bertz CT molecular complexity index is 862. The molecule has 0 aliphatic heterocycles. The average Bonchev–Trinajstić information content (AvgIpc) is 2.70. The summed E-state index contributed by atoms with van der Waals surface area (Å²) in [5.41, 5.74) is 3.03. The third-order valence-electron chi connectivity index (χ3n) is 4.48. The summed E-state index contributed by atoms with van der Waals surface area (Å²) in [4.78, 5) is 11.6. The van der Waals surface area contributed by atoms with Crippen molar-refractivity contribution in [3.63, 3.8) is 0 Å². The largest absolute Gasteiger partial charge is 0.396 e. The molecular formula is C21H27N5O. The number of rotatable bonds is 9. The summed E-state index contributed by atoms with van der Waals surface area (Å²) >= 11 is 0. The molecule has 0 saturated carbocycles. The number of para-hydroxylation sites is 1. The average molecular weight is 365 g/mol. The van der Waals surface area contributed by atoms with Crippen molar-refractivity contribution < 1.29 is 5.11 Å². The molecule has 0 fully saturated rings. The van der Waals surface area contributed by atoms with E-state index in [1.807, 2.05) is 36.4 Å². The summed E-state index contributed by atoms with van der Waals surface area (Å²) in [5.74, 6) is 1.33. The monoisotopic (exact) mass is 365 g/mol. The minimum atomic E-state index is 0.153. The van der Waals surface area contributed by atoms with Gasteiger partial charge in [0.15, 0.2) is 0 Å². The zero-order valence-corrected chi connectivity index (χ0v) is 15.9. The summed E-state index contributed by atoms with van der Waals surface area (Å²) < 4.78 is 0. The van der Waals surface area contributed by atoms with Gasteiger partial charge in [-0.25, -0.2) is 4.98 Å². The van der Waals surface area contributed by atoms with E-state index in [4.69, 9.17) is 5.11 Å². The lowest BCUT2D eigenvalue weighted by molar-refractivity contribution is 0.292. The first-order valence-electron chi connectivity index (χ1n) is 9.48. The summed E-state index contributed by atoms with van der Waals surface area (Å²) in [7, 11) is 0. The quantitative estimate of drug-likeness (QED) is 0.498. The summed E-state index contributed by atoms with van der Waals surface area (Å²) in [6.45, 7) is 7.10. The molecule has 0 aliphatic carbocycles. The van der Waals surface area contributed by atoms with Gasteiger partial charge in [-0.1, -0.05) is 12.1 Å². The number of fused-ring (bicyclic) bond motifs is 1. The fraction of sp³-hybridized carbons (Fsp3) is 0.333. The fourth-order valence-electron chi connectivity index (χ4n) is 3.03. The Morgan fingerprint density at radius 3 is 2.41 bits per heavy atom. The molecule has 0 aliphatic rings. The van der Waals surface area contributed by atoms with Crippen molar-refractivity contribution in [3.8, 4) is 0 Å². The molecule has 6 heteroatoms. The van der Waals surface area contributed by atoms with Crippen molar-refractivity contribution in [2.75, 3.05) is 41.8 Å². The highest BCUT2D eigenvalue weighted by molar-refractivity contribution is 5.90. The Labute approximate surface area is 160 Å². The second kappa shape index (κ2) is 9.19. The van der Waals surface area contributed by atoms with Gasteiger partial charge in [0.1, 0.15) is 5.82 Å². The first-order valence-corrected chi connectivity index (χ1v) is 9.48. The van der Waals surface area contributed by atoms with E-state index in [0.29, 0.717) is 18.9 Å². The fourth-order valence-corrected chi connectivity index (χ4v) is 3.03. The number of benzene rings is 2. The number of aliphatic hydroxyl groups is 1. The zero-order chi connectivity index (χ0) is 19.1. The second-order valence-electron chi connectivity index (χ2n) is 6.26. The van der Waals surface area contributed by atoms with Crippen LogP contribution in [0.2, 0.25) is 0 Å². The van der Waals surface area contributed by atoms with Crippen molar-refractivity contribution in [1.82, 2.24) is 9.97 Å². The number of hydrogen-bond donors (Lipinski definition) is 3. The van der Waals surface area contributed by atoms with Crippen LogP contribution in [-0.2, 0) is 0 Å². The maximum Gasteiger partial charge on any atom is 0.229 e. The van der Waals surface area contributed by atoms with Crippen molar-refractivity contribution in [2.45, 2.75) is 20.3 Å². The summed E-state index contributed by atoms with van der Waals surface area (Å²) in [5, 5.41) is 16.6. The van der Waals surface area contributed by atoms with Gasteiger partial charge in [-0.15, -0.1) is 0 Å². The van der Waals surface area contributed by atoms with Crippen LogP contribution in [0.5, 0.6) is 0 Å². The van der Waals surface area contributed by atoms with Crippen molar-refractivity contribution in [3.05, 3.63) is 48.5 Å². The Kier molecular flexibility index (Phi) is 6.44. The summed E-state index contributed by atoms with van der Waals surface area (Å²) in [6.07, 6.45) is 0.675. The molecule has 27 heavy (non-hydrogen) atoms. The van der Waals surface area contributed by atoms with Crippen LogP contribution >= 0.6 is 0 Å². The number of hydrogen-bond acceptors (Lipinski definition) is 6. The van der Waals surface area contributed by atoms with E-state index in [1.54, 1.807) is 0 Å². The number of aliphatic hydroxyl groups excluding tert-OH is 1. The van der Waals surface area contributed by atoms with Gasteiger partial charge in [0, 0.05) is 43.0 Å². The normalized spacial score (nSPS) is 10.8.